The molecule has 0 aromatic heterocycles. The first kappa shape index (κ1) is 24.5. The van der Waals surface area contributed by atoms with Crippen LogP contribution in [0, 0.1) is 10.1 Å². The number of piperidine rings is 3. The van der Waals surface area contributed by atoms with E-state index < -0.39 is 5.54 Å². The van der Waals surface area contributed by atoms with E-state index in [9.17, 15) is 10.1 Å². The van der Waals surface area contributed by atoms with E-state index in [1.165, 1.54) is 0 Å². The van der Waals surface area contributed by atoms with Crippen molar-refractivity contribution < 1.29 is 19.1 Å². The van der Waals surface area contributed by atoms with Crippen LogP contribution in [0.1, 0.15) is 78.6 Å². The van der Waals surface area contributed by atoms with E-state index in [1.807, 2.05) is 0 Å². The minimum atomic E-state index is -0.870. The first-order valence-electron chi connectivity index (χ1n) is 11.7. The number of hydrogen-bond donors (Lipinski definition) is 0. The maximum Gasteiger partial charge on any atom is 0.227 e. The molecule has 0 saturated carbocycles. The topological polar surface area (TPSA) is 74.1 Å². The van der Waals surface area contributed by atoms with E-state index >= 15 is 0 Å². The number of fused-ring (bicyclic) bond motifs is 3. The average molecular weight is 415 g/mol. The second-order valence-electron chi connectivity index (χ2n) is 8.79. The highest BCUT2D eigenvalue weighted by Crippen LogP contribution is 2.45. The van der Waals surface area contributed by atoms with E-state index in [2.05, 4.69) is 25.7 Å². The molecule has 170 valence electrons. The summed E-state index contributed by atoms with van der Waals surface area (Å²) in [4.78, 5) is 14.6. The SMILES string of the molecule is CCCCOCC1CC2([N+](=O)[O-])CC(COCCCC)N1C(COCCCC)C2. The first-order chi connectivity index (χ1) is 14.1. The van der Waals surface area contributed by atoms with Crippen molar-refractivity contribution >= 4 is 0 Å². The molecule has 0 aliphatic carbocycles. The number of nitro groups is 1. The van der Waals surface area contributed by atoms with E-state index in [1.54, 1.807) is 0 Å². The summed E-state index contributed by atoms with van der Waals surface area (Å²) in [6.07, 6.45) is 8.08. The van der Waals surface area contributed by atoms with Gasteiger partial charge >= 0.3 is 0 Å². The number of nitrogens with zero attached hydrogens (tertiary/aromatic N) is 2. The third-order valence-corrected chi connectivity index (χ3v) is 6.36. The van der Waals surface area contributed by atoms with Crippen LogP contribution in [0.4, 0.5) is 0 Å². The summed E-state index contributed by atoms with van der Waals surface area (Å²) in [5.74, 6) is 0. The Hall–Kier alpha value is -0.760. The standard InChI is InChI=1S/C22H42N2O5/c1-4-7-10-27-16-19-13-22(24(25)26)14-20(17-28-11-8-5-2)23(19)21(15-22)18-29-12-9-6-3/h19-21H,4-18H2,1-3H3. The van der Waals surface area contributed by atoms with Crippen molar-refractivity contribution in [1.82, 2.24) is 4.90 Å². The van der Waals surface area contributed by atoms with E-state index in [0.29, 0.717) is 39.1 Å². The fraction of sp³-hybridized carbons (Fsp3) is 1.00. The molecule has 3 aliphatic rings. The van der Waals surface area contributed by atoms with Crippen LogP contribution >= 0.6 is 0 Å². The molecule has 0 spiro atoms. The number of ether oxygens (including phenoxy) is 3. The molecule has 3 rings (SSSR count). The predicted octanol–water partition coefficient (Wildman–Crippen LogP) is 4.06. The largest absolute Gasteiger partial charge is 0.380 e. The van der Waals surface area contributed by atoms with Crippen LogP contribution in [0.25, 0.3) is 0 Å². The lowest BCUT2D eigenvalue weighted by Crippen LogP contribution is -2.71. The Labute approximate surface area is 176 Å². The van der Waals surface area contributed by atoms with Gasteiger partial charge < -0.3 is 14.2 Å². The van der Waals surface area contributed by atoms with Gasteiger partial charge in [-0.15, -0.1) is 0 Å². The summed E-state index contributed by atoms with van der Waals surface area (Å²) in [7, 11) is 0. The van der Waals surface area contributed by atoms with Crippen LogP contribution in [0.3, 0.4) is 0 Å². The molecule has 3 unspecified atom stereocenters. The summed E-state index contributed by atoms with van der Waals surface area (Å²) in [5.41, 5.74) is -0.870. The van der Waals surface area contributed by atoms with Crippen molar-refractivity contribution in [3.05, 3.63) is 10.1 Å². The maximum atomic E-state index is 12.2. The van der Waals surface area contributed by atoms with Gasteiger partial charge in [-0.2, -0.15) is 0 Å². The molecule has 0 amide bonds. The van der Waals surface area contributed by atoms with Crippen LogP contribution in [0.5, 0.6) is 0 Å². The van der Waals surface area contributed by atoms with Gasteiger partial charge in [0.15, 0.2) is 0 Å². The number of rotatable bonds is 16. The third kappa shape index (κ3) is 6.88. The monoisotopic (exact) mass is 414 g/mol. The highest BCUT2D eigenvalue weighted by atomic mass is 16.6. The van der Waals surface area contributed by atoms with E-state index in [-0.39, 0.29) is 23.0 Å². The van der Waals surface area contributed by atoms with Gasteiger partial charge in [0.2, 0.25) is 5.54 Å². The average Bonchev–Trinajstić information content (AvgIpc) is 2.72. The molecule has 0 aromatic carbocycles. The molecule has 0 N–H and O–H groups in total. The molecule has 7 nitrogen and oxygen atoms in total. The lowest BCUT2D eigenvalue weighted by Gasteiger charge is -2.56. The molecular weight excluding hydrogens is 372 g/mol. The lowest BCUT2D eigenvalue weighted by atomic mass is 9.70. The lowest BCUT2D eigenvalue weighted by molar-refractivity contribution is -0.589. The smallest absolute Gasteiger partial charge is 0.227 e. The Morgan fingerprint density at radius 3 is 1.41 bits per heavy atom. The van der Waals surface area contributed by atoms with Crippen molar-refractivity contribution in [2.45, 2.75) is 102 Å². The Morgan fingerprint density at radius 1 is 0.793 bits per heavy atom. The molecule has 0 aromatic rings. The van der Waals surface area contributed by atoms with Crippen molar-refractivity contribution in [2.75, 3.05) is 39.6 Å². The highest BCUT2D eigenvalue weighted by Gasteiger charge is 2.60. The van der Waals surface area contributed by atoms with Crippen molar-refractivity contribution in [2.24, 2.45) is 0 Å². The first-order valence-corrected chi connectivity index (χ1v) is 11.7. The second-order valence-corrected chi connectivity index (χ2v) is 8.79. The van der Waals surface area contributed by atoms with Gasteiger partial charge in [0.1, 0.15) is 0 Å². The molecule has 3 fully saturated rings. The van der Waals surface area contributed by atoms with Crippen LogP contribution < -0.4 is 0 Å². The Kier molecular flexibility index (Phi) is 10.8. The highest BCUT2D eigenvalue weighted by molar-refractivity contribution is 5.07. The minimum Gasteiger partial charge on any atom is -0.380 e. The number of unbranched alkanes of at least 4 members (excludes halogenated alkanes) is 3. The normalized spacial score (nSPS) is 31.3. The van der Waals surface area contributed by atoms with Gasteiger partial charge in [-0.05, 0) is 19.3 Å². The zero-order valence-electron chi connectivity index (χ0n) is 18.8. The third-order valence-electron chi connectivity index (χ3n) is 6.36. The summed E-state index contributed by atoms with van der Waals surface area (Å²) in [5, 5.41) is 12.2. The number of hydrogen-bond acceptors (Lipinski definition) is 6. The quantitative estimate of drug-likeness (QED) is 0.215. The summed E-state index contributed by atoms with van der Waals surface area (Å²) < 4.78 is 17.8. The molecular formula is C22H42N2O5. The van der Waals surface area contributed by atoms with Crippen molar-refractivity contribution in [3.63, 3.8) is 0 Å². The van der Waals surface area contributed by atoms with Gasteiger partial charge in [0, 0.05) is 62.1 Å². The minimum absolute atomic E-state index is 0.0133. The van der Waals surface area contributed by atoms with Crippen LogP contribution in [0.2, 0.25) is 0 Å². The molecule has 29 heavy (non-hydrogen) atoms. The van der Waals surface area contributed by atoms with E-state index in [0.717, 1.165) is 58.3 Å². The van der Waals surface area contributed by atoms with Crippen molar-refractivity contribution in [1.29, 1.82) is 0 Å². The van der Waals surface area contributed by atoms with Gasteiger partial charge in [0.05, 0.1) is 19.8 Å². The van der Waals surface area contributed by atoms with Gasteiger partial charge in [-0.3, -0.25) is 15.0 Å². The molecule has 3 atom stereocenters. The van der Waals surface area contributed by atoms with Crippen molar-refractivity contribution in [3.8, 4) is 0 Å². The van der Waals surface area contributed by atoms with E-state index in [4.69, 9.17) is 14.2 Å². The molecule has 0 radical (unpaired) electrons. The molecule has 3 aliphatic heterocycles. The fourth-order valence-electron chi connectivity index (χ4n) is 4.83. The van der Waals surface area contributed by atoms with Crippen LogP contribution in [-0.4, -0.2) is 73.1 Å². The zero-order chi connectivity index (χ0) is 21.1. The van der Waals surface area contributed by atoms with Crippen LogP contribution in [-0.2, 0) is 14.2 Å². The predicted molar refractivity (Wildman–Crippen MR) is 114 cm³/mol. The Morgan fingerprint density at radius 2 is 1.14 bits per heavy atom. The van der Waals surface area contributed by atoms with Crippen LogP contribution in [0.15, 0.2) is 0 Å². The molecule has 3 heterocycles. The zero-order valence-corrected chi connectivity index (χ0v) is 18.8. The summed E-state index contributed by atoms with van der Waals surface area (Å²) in [6.45, 7) is 10.3. The molecule has 2 bridgehead atoms. The Bertz CT molecular complexity index is 421. The van der Waals surface area contributed by atoms with Gasteiger partial charge in [-0.25, -0.2) is 0 Å². The summed E-state index contributed by atoms with van der Waals surface area (Å²) in [6, 6.07) is 0.206. The maximum absolute atomic E-state index is 12.2. The Balaban J connectivity index is 2.09. The van der Waals surface area contributed by atoms with Gasteiger partial charge in [0.25, 0.3) is 0 Å². The summed E-state index contributed by atoms with van der Waals surface area (Å²) >= 11 is 0. The molecule has 7 heteroatoms. The molecule has 3 saturated heterocycles. The fourth-order valence-corrected chi connectivity index (χ4v) is 4.83. The second kappa shape index (κ2) is 12.8. The van der Waals surface area contributed by atoms with Gasteiger partial charge in [-0.1, -0.05) is 40.0 Å².